The van der Waals surface area contributed by atoms with Crippen LogP contribution in [-0.2, 0) is 15.7 Å². The first-order valence-corrected chi connectivity index (χ1v) is 5.72. The first-order chi connectivity index (χ1) is 9.43. The number of benzene rings is 1. The topological polar surface area (TPSA) is 59.6 Å². The first kappa shape index (κ1) is 16.3. The summed E-state index contributed by atoms with van der Waals surface area (Å²) in [6.45, 7) is 0.630. The predicted molar refractivity (Wildman–Crippen MR) is 66.3 cm³/mol. The van der Waals surface area contributed by atoms with E-state index in [0.29, 0.717) is 13.2 Å². The van der Waals surface area contributed by atoms with Gasteiger partial charge in [0.2, 0.25) is 0 Å². The molecule has 20 heavy (non-hydrogen) atoms. The largest absolute Gasteiger partial charge is 0.416 e. The van der Waals surface area contributed by atoms with E-state index in [1.54, 1.807) is 0 Å². The summed E-state index contributed by atoms with van der Waals surface area (Å²) in [5.74, 6) is 0. The second-order valence-corrected chi connectivity index (χ2v) is 3.75. The number of carbonyl (C=O) groups is 1. The molecule has 2 amide bonds. The number of nitrogens with one attached hydrogen (secondary N) is 2. The zero-order valence-corrected chi connectivity index (χ0v) is 10.8. The van der Waals surface area contributed by atoms with Crippen molar-refractivity contribution in [3.8, 4) is 0 Å². The number of halogens is 3. The summed E-state index contributed by atoms with van der Waals surface area (Å²) in [5, 5.41) is 4.62. The van der Waals surface area contributed by atoms with E-state index >= 15 is 0 Å². The summed E-state index contributed by atoms with van der Waals surface area (Å²) in [5.41, 5.74) is -0.777. The lowest BCUT2D eigenvalue weighted by molar-refractivity contribution is -0.137. The van der Waals surface area contributed by atoms with Crippen LogP contribution < -0.4 is 10.6 Å². The Labute approximate surface area is 114 Å². The second kappa shape index (κ2) is 7.71. The number of amides is 2. The molecule has 1 aromatic carbocycles. The zero-order chi connectivity index (χ0) is 15.0. The quantitative estimate of drug-likeness (QED) is 0.625. The van der Waals surface area contributed by atoms with E-state index < -0.39 is 17.8 Å². The van der Waals surface area contributed by atoms with Crippen LogP contribution >= 0.6 is 0 Å². The minimum Gasteiger partial charge on any atom is -0.382 e. The van der Waals surface area contributed by atoms with Crippen molar-refractivity contribution in [1.82, 2.24) is 5.32 Å². The van der Waals surface area contributed by atoms with Gasteiger partial charge in [-0.3, -0.25) is 0 Å². The van der Waals surface area contributed by atoms with E-state index in [0.717, 1.165) is 12.1 Å². The number of carbonyl (C=O) groups excluding carboxylic acids is 1. The Bertz CT molecular complexity index is 438. The van der Waals surface area contributed by atoms with Crippen molar-refractivity contribution in [3.63, 3.8) is 0 Å². The van der Waals surface area contributed by atoms with Crippen LogP contribution in [0.5, 0.6) is 0 Å². The lowest BCUT2D eigenvalue weighted by Gasteiger charge is -2.11. The van der Waals surface area contributed by atoms with Crippen molar-refractivity contribution in [2.45, 2.75) is 6.18 Å². The van der Waals surface area contributed by atoms with Gasteiger partial charge in [0.05, 0.1) is 18.8 Å². The van der Waals surface area contributed by atoms with Gasteiger partial charge in [-0.05, 0) is 18.2 Å². The Balaban J connectivity index is 2.42. The smallest absolute Gasteiger partial charge is 0.382 e. The molecule has 0 aromatic heterocycles. The molecule has 0 unspecified atom stereocenters. The molecule has 1 aromatic rings. The van der Waals surface area contributed by atoms with Gasteiger partial charge < -0.3 is 20.1 Å². The molecule has 0 bridgehead atoms. The Hall–Kier alpha value is -1.80. The number of hydrogen-bond acceptors (Lipinski definition) is 3. The van der Waals surface area contributed by atoms with E-state index in [4.69, 9.17) is 9.47 Å². The maximum Gasteiger partial charge on any atom is 0.416 e. The summed E-state index contributed by atoms with van der Waals surface area (Å²) >= 11 is 0. The van der Waals surface area contributed by atoms with Crippen LogP contribution in [0.25, 0.3) is 0 Å². The standard InChI is InChI=1S/C12H15F3N2O3/c1-19-5-6-20-8-16-11(18)17-10-4-2-3-9(7-10)12(13,14)15/h2-4,7H,5-6,8H2,1H3,(H2,16,17,18). The molecule has 0 fully saturated rings. The Morgan fingerprint density at radius 3 is 2.70 bits per heavy atom. The van der Waals surface area contributed by atoms with Crippen LogP contribution in [0.4, 0.5) is 23.7 Å². The summed E-state index contributed by atoms with van der Waals surface area (Å²) in [7, 11) is 1.51. The number of anilines is 1. The highest BCUT2D eigenvalue weighted by atomic mass is 19.4. The van der Waals surface area contributed by atoms with Crippen LogP contribution in [0.3, 0.4) is 0 Å². The third-order valence-corrected chi connectivity index (χ3v) is 2.21. The van der Waals surface area contributed by atoms with Gasteiger partial charge in [-0.2, -0.15) is 13.2 Å². The lowest BCUT2D eigenvalue weighted by atomic mass is 10.2. The highest BCUT2D eigenvalue weighted by Gasteiger charge is 2.30. The van der Waals surface area contributed by atoms with Crippen molar-refractivity contribution in [2.75, 3.05) is 32.4 Å². The fourth-order valence-corrected chi connectivity index (χ4v) is 1.28. The summed E-state index contributed by atoms with van der Waals surface area (Å²) in [6, 6.07) is 3.71. The first-order valence-electron chi connectivity index (χ1n) is 5.72. The van der Waals surface area contributed by atoms with Crippen LogP contribution in [0.15, 0.2) is 24.3 Å². The van der Waals surface area contributed by atoms with Crippen molar-refractivity contribution < 1.29 is 27.4 Å². The number of ether oxygens (including phenoxy) is 2. The third-order valence-electron chi connectivity index (χ3n) is 2.21. The number of methoxy groups -OCH3 is 1. The van der Waals surface area contributed by atoms with Crippen molar-refractivity contribution in [1.29, 1.82) is 0 Å². The summed E-state index contributed by atoms with van der Waals surface area (Å²) in [6.07, 6.45) is -4.45. The van der Waals surface area contributed by atoms with Gasteiger partial charge in [0.1, 0.15) is 6.73 Å². The van der Waals surface area contributed by atoms with Gasteiger partial charge in [0, 0.05) is 12.8 Å². The Morgan fingerprint density at radius 1 is 1.30 bits per heavy atom. The molecular weight excluding hydrogens is 277 g/mol. The Kier molecular flexibility index (Phi) is 6.26. The SMILES string of the molecule is COCCOCNC(=O)Nc1cccc(C(F)(F)F)c1. The molecule has 0 radical (unpaired) electrons. The van der Waals surface area contributed by atoms with E-state index in [1.807, 2.05) is 0 Å². The molecule has 0 saturated heterocycles. The number of hydrogen-bond donors (Lipinski definition) is 2. The Morgan fingerprint density at radius 2 is 2.05 bits per heavy atom. The third kappa shape index (κ3) is 5.89. The summed E-state index contributed by atoms with van der Waals surface area (Å²) in [4.78, 5) is 11.4. The highest BCUT2D eigenvalue weighted by Crippen LogP contribution is 2.30. The maximum atomic E-state index is 12.5. The van der Waals surface area contributed by atoms with Crippen LogP contribution in [-0.4, -0.2) is 33.1 Å². The van der Waals surface area contributed by atoms with Gasteiger partial charge in [-0.25, -0.2) is 4.79 Å². The monoisotopic (exact) mass is 292 g/mol. The maximum absolute atomic E-state index is 12.5. The number of rotatable bonds is 6. The van der Waals surface area contributed by atoms with Gasteiger partial charge in [-0.15, -0.1) is 0 Å². The van der Waals surface area contributed by atoms with Crippen molar-refractivity contribution in [2.24, 2.45) is 0 Å². The molecule has 112 valence electrons. The molecule has 0 saturated carbocycles. The van der Waals surface area contributed by atoms with Gasteiger partial charge >= 0.3 is 12.2 Å². The van der Waals surface area contributed by atoms with Crippen LogP contribution in [0.2, 0.25) is 0 Å². The molecule has 5 nitrogen and oxygen atoms in total. The molecule has 8 heteroatoms. The molecular formula is C12H15F3N2O3. The van der Waals surface area contributed by atoms with Crippen molar-refractivity contribution >= 4 is 11.7 Å². The van der Waals surface area contributed by atoms with Gasteiger partial charge in [0.25, 0.3) is 0 Å². The van der Waals surface area contributed by atoms with Crippen LogP contribution in [0, 0.1) is 0 Å². The zero-order valence-electron chi connectivity index (χ0n) is 10.8. The predicted octanol–water partition coefficient (Wildman–Crippen LogP) is 2.45. The molecule has 0 aliphatic heterocycles. The fraction of sp³-hybridized carbons (Fsp3) is 0.417. The average molecular weight is 292 g/mol. The number of urea groups is 1. The summed E-state index contributed by atoms with van der Waals surface area (Å²) < 4.78 is 47.1. The molecule has 1 rings (SSSR count). The van der Waals surface area contributed by atoms with E-state index in [9.17, 15) is 18.0 Å². The minimum absolute atomic E-state index is 0.0502. The normalized spacial score (nSPS) is 11.2. The number of alkyl halides is 3. The fourth-order valence-electron chi connectivity index (χ4n) is 1.28. The lowest BCUT2D eigenvalue weighted by Crippen LogP contribution is -2.31. The molecule has 0 aliphatic rings. The van der Waals surface area contributed by atoms with E-state index in [2.05, 4.69) is 10.6 Å². The molecule has 0 spiro atoms. The van der Waals surface area contributed by atoms with Crippen molar-refractivity contribution in [3.05, 3.63) is 29.8 Å². The van der Waals surface area contributed by atoms with Gasteiger partial charge in [0.15, 0.2) is 0 Å². The highest BCUT2D eigenvalue weighted by molar-refractivity contribution is 5.89. The molecule has 2 N–H and O–H groups in total. The van der Waals surface area contributed by atoms with Crippen LogP contribution in [0.1, 0.15) is 5.56 Å². The molecule has 0 heterocycles. The average Bonchev–Trinajstić information content (AvgIpc) is 2.38. The molecule has 0 atom stereocenters. The van der Waals surface area contributed by atoms with E-state index in [-0.39, 0.29) is 12.4 Å². The van der Waals surface area contributed by atoms with E-state index in [1.165, 1.54) is 19.2 Å². The minimum atomic E-state index is -4.45. The van der Waals surface area contributed by atoms with Gasteiger partial charge in [-0.1, -0.05) is 6.07 Å². The molecule has 0 aliphatic carbocycles. The second-order valence-electron chi connectivity index (χ2n) is 3.75.